The number of carbonyl (C=O) groups excluding carboxylic acids is 2. The van der Waals surface area contributed by atoms with Gasteiger partial charge in [-0.15, -0.1) is 0 Å². The van der Waals surface area contributed by atoms with Gasteiger partial charge in [0.15, 0.2) is 11.5 Å². The smallest absolute Gasteiger partial charge is 0.308 e. The van der Waals surface area contributed by atoms with Gasteiger partial charge in [-0.1, -0.05) is 49.2 Å². The zero-order valence-electron chi connectivity index (χ0n) is 32.0. The molecule has 1 fully saturated rings. The van der Waals surface area contributed by atoms with Gasteiger partial charge >= 0.3 is 5.97 Å². The first-order valence-corrected chi connectivity index (χ1v) is 19.3. The molecule has 2 aliphatic heterocycles. The van der Waals surface area contributed by atoms with Gasteiger partial charge in [0, 0.05) is 55.8 Å². The number of rotatable bonds is 16. The molecular formula is C43H50ClN3O8. The average Bonchev–Trinajstić information content (AvgIpc) is 3.58. The summed E-state index contributed by atoms with van der Waals surface area (Å²) >= 11 is 6.84. The summed E-state index contributed by atoms with van der Waals surface area (Å²) in [5.41, 5.74) is 5.50. The second-order valence-electron chi connectivity index (χ2n) is 14.7. The first kappa shape index (κ1) is 39.8. The number of ether oxygens (including phenoxy) is 5. The zero-order valence-corrected chi connectivity index (χ0v) is 32.7. The molecule has 1 amide bonds. The monoisotopic (exact) mass is 771 g/mol. The highest BCUT2D eigenvalue weighted by Gasteiger charge is 2.24. The molecule has 2 aliphatic rings. The Bertz CT molecular complexity index is 1990. The number of aliphatic hydroxyl groups is 1. The Morgan fingerprint density at radius 2 is 1.80 bits per heavy atom. The van der Waals surface area contributed by atoms with Gasteiger partial charge in [-0.2, -0.15) is 0 Å². The van der Waals surface area contributed by atoms with Crippen LogP contribution in [-0.4, -0.2) is 71.4 Å². The molecule has 2 N–H and O–H groups in total. The molecule has 0 radical (unpaired) electrons. The minimum absolute atomic E-state index is 0.0673. The summed E-state index contributed by atoms with van der Waals surface area (Å²) < 4.78 is 29.8. The molecule has 4 aromatic rings. The van der Waals surface area contributed by atoms with Crippen LogP contribution < -0.4 is 24.3 Å². The third-order valence-electron chi connectivity index (χ3n) is 9.75. The molecule has 0 bridgehead atoms. The average molecular weight is 772 g/mol. The maximum Gasteiger partial charge on any atom is 0.308 e. The summed E-state index contributed by atoms with van der Waals surface area (Å²) in [7, 11) is 0. The van der Waals surface area contributed by atoms with E-state index in [9.17, 15) is 14.7 Å². The van der Waals surface area contributed by atoms with Crippen LogP contribution in [0.4, 0.5) is 0 Å². The number of aromatic nitrogens is 1. The Balaban J connectivity index is 1.13. The highest BCUT2D eigenvalue weighted by atomic mass is 35.5. The van der Waals surface area contributed by atoms with E-state index >= 15 is 0 Å². The molecule has 3 aromatic carbocycles. The number of hydrogen-bond acceptors (Lipinski definition) is 10. The van der Waals surface area contributed by atoms with E-state index in [0.29, 0.717) is 60.4 Å². The maximum atomic E-state index is 13.0. The molecule has 11 nitrogen and oxygen atoms in total. The Labute approximate surface area is 327 Å². The fourth-order valence-corrected chi connectivity index (χ4v) is 7.15. The van der Waals surface area contributed by atoms with Crippen LogP contribution in [0.3, 0.4) is 0 Å². The summed E-state index contributed by atoms with van der Waals surface area (Å²) in [6, 6.07) is 17.5. The van der Waals surface area contributed by atoms with Crippen LogP contribution >= 0.6 is 11.6 Å². The molecule has 6 rings (SSSR count). The van der Waals surface area contributed by atoms with Gasteiger partial charge in [-0.3, -0.25) is 19.5 Å². The largest absolute Gasteiger partial charge is 0.488 e. The molecule has 0 saturated carbocycles. The number of fused-ring (bicyclic) bond motifs is 1. The number of hydrogen-bond donors (Lipinski definition) is 2. The van der Waals surface area contributed by atoms with Crippen LogP contribution in [0.1, 0.15) is 79.1 Å². The topological polar surface area (TPSA) is 129 Å². The fraction of sp³-hybridized carbons (Fsp3) is 0.419. The first-order chi connectivity index (χ1) is 26.5. The van der Waals surface area contributed by atoms with Crippen molar-refractivity contribution in [3.63, 3.8) is 0 Å². The number of amides is 1. The number of halogens is 1. The van der Waals surface area contributed by atoms with E-state index in [1.165, 1.54) is 6.20 Å². The molecule has 1 saturated heterocycles. The predicted molar refractivity (Wildman–Crippen MR) is 210 cm³/mol. The third-order valence-corrected chi connectivity index (χ3v) is 10.0. The van der Waals surface area contributed by atoms with Crippen LogP contribution in [0.25, 0.3) is 11.1 Å². The van der Waals surface area contributed by atoms with E-state index < -0.39 is 5.60 Å². The molecular weight excluding hydrogens is 722 g/mol. The van der Waals surface area contributed by atoms with Gasteiger partial charge < -0.3 is 34.1 Å². The summed E-state index contributed by atoms with van der Waals surface area (Å²) in [4.78, 5) is 31.7. The van der Waals surface area contributed by atoms with Crippen LogP contribution in [0, 0.1) is 6.92 Å². The van der Waals surface area contributed by atoms with Crippen LogP contribution in [0.15, 0.2) is 67.0 Å². The highest BCUT2D eigenvalue weighted by Crippen LogP contribution is 2.38. The van der Waals surface area contributed by atoms with Crippen LogP contribution in [-0.2, 0) is 29.3 Å². The molecule has 1 aromatic heterocycles. The maximum absolute atomic E-state index is 13.0. The van der Waals surface area contributed by atoms with Crippen LogP contribution in [0.2, 0.25) is 5.02 Å². The number of benzene rings is 3. The molecule has 55 heavy (non-hydrogen) atoms. The summed E-state index contributed by atoms with van der Waals surface area (Å²) in [5, 5.41) is 13.4. The van der Waals surface area contributed by atoms with Crippen molar-refractivity contribution in [1.82, 2.24) is 15.2 Å². The fourth-order valence-electron chi connectivity index (χ4n) is 6.90. The number of carbonyl (C=O) groups is 2. The van der Waals surface area contributed by atoms with E-state index in [1.807, 2.05) is 57.2 Å². The zero-order chi connectivity index (χ0) is 39.0. The number of likely N-dealkylation sites (tertiary alicyclic amines) is 1. The molecule has 0 unspecified atom stereocenters. The minimum Gasteiger partial charge on any atom is -0.488 e. The van der Waals surface area contributed by atoms with Crippen LogP contribution in [0.5, 0.6) is 23.0 Å². The Morgan fingerprint density at radius 1 is 1.00 bits per heavy atom. The van der Waals surface area contributed by atoms with Crippen molar-refractivity contribution >= 4 is 23.5 Å². The number of esters is 1. The predicted octanol–water partition coefficient (Wildman–Crippen LogP) is 7.45. The van der Waals surface area contributed by atoms with Gasteiger partial charge in [0.25, 0.3) is 5.91 Å². The lowest BCUT2D eigenvalue weighted by molar-refractivity contribution is -0.156. The van der Waals surface area contributed by atoms with Gasteiger partial charge in [0.2, 0.25) is 0 Å². The molecule has 1 atom stereocenters. The second-order valence-corrected chi connectivity index (χ2v) is 15.1. The Kier molecular flexibility index (Phi) is 13.2. The van der Waals surface area contributed by atoms with Gasteiger partial charge in [0.05, 0.1) is 23.1 Å². The van der Waals surface area contributed by atoms with E-state index in [0.717, 1.165) is 58.7 Å². The number of nitrogens with zero attached hydrogens (tertiary/aromatic N) is 2. The van der Waals surface area contributed by atoms with Crippen molar-refractivity contribution < 1.29 is 38.4 Å². The van der Waals surface area contributed by atoms with Gasteiger partial charge in [-0.05, 0) is 80.1 Å². The molecule has 0 spiro atoms. The van der Waals surface area contributed by atoms with Gasteiger partial charge in [-0.25, -0.2) is 0 Å². The second kappa shape index (κ2) is 18.2. The quantitative estimate of drug-likeness (QED) is 0.111. The van der Waals surface area contributed by atoms with Crippen molar-refractivity contribution in [2.75, 3.05) is 32.8 Å². The normalized spacial score (nSPS) is 15.4. The minimum atomic E-state index is -0.541. The lowest BCUT2D eigenvalue weighted by atomic mass is 9.96. The summed E-state index contributed by atoms with van der Waals surface area (Å²) in [6.45, 7) is 11.3. The van der Waals surface area contributed by atoms with E-state index in [2.05, 4.69) is 28.2 Å². The molecule has 12 heteroatoms. The van der Waals surface area contributed by atoms with E-state index in [1.54, 1.807) is 18.3 Å². The van der Waals surface area contributed by atoms with Crippen molar-refractivity contribution in [3.8, 4) is 34.1 Å². The highest BCUT2D eigenvalue weighted by molar-refractivity contribution is 6.32. The van der Waals surface area contributed by atoms with Crippen molar-refractivity contribution in [2.24, 2.45) is 0 Å². The van der Waals surface area contributed by atoms with E-state index in [4.69, 9.17) is 35.3 Å². The van der Waals surface area contributed by atoms with Crippen molar-refractivity contribution in [2.45, 2.75) is 84.8 Å². The Morgan fingerprint density at radius 3 is 2.58 bits per heavy atom. The summed E-state index contributed by atoms with van der Waals surface area (Å²) in [5.74, 6) is 1.81. The lowest BCUT2D eigenvalue weighted by Crippen LogP contribution is -2.31. The lowest BCUT2D eigenvalue weighted by Gasteiger charge is -2.24. The standard InChI is InChI=1S/C43H50ClN3O8/c1-5-13-43(3,4)55-41(49)11-14-46-42(50)32-18-29(22-45-23-32)26-53-38-21-39(36(44)19-33(38)24-47-15-12-34(48)25-47)54-27-31-7-6-8-35(28(31)2)30-9-10-37-40(20-30)52-17-16-51-37/h6-10,18-23,34,48H,5,11-17,24-27H2,1-4H3,(H,46,50)/t34-/m0/s1. The van der Waals surface area contributed by atoms with Gasteiger partial charge in [0.1, 0.15) is 43.5 Å². The number of β-amino-alcohol motifs (C(OH)–C–C–N with tert-alkyl or cyclic N) is 1. The van der Waals surface area contributed by atoms with E-state index in [-0.39, 0.29) is 44.2 Å². The molecule has 292 valence electrons. The Hall–Kier alpha value is -4.84. The van der Waals surface area contributed by atoms with Crippen molar-refractivity contribution in [3.05, 3.63) is 99.8 Å². The SMILES string of the molecule is CCCC(C)(C)OC(=O)CCNC(=O)c1cncc(COc2cc(OCc3cccc(-c4ccc5c(c4)OCCO5)c3C)c(Cl)cc2CN2CC[C@H](O)C2)c1. The molecule has 3 heterocycles. The molecule has 0 aliphatic carbocycles. The third kappa shape index (κ3) is 10.7. The van der Waals surface area contributed by atoms with Crippen molar-refractivity contribution in [1.29, 1.82) is 0 Å². The first-order valence-electron chi connectivity index (χ1n) is 18.9. The number of aliphatic hydroxyl groups excluding tert-OH is 1. The number of nitrogens with one attached hydrogen (secondary N) is 1. The summed E-state index contributed by atoms with van der Waals surface area (Å²) in [6.07, 6.45) is 5.18. The number of pyridine rings is 1.